The molecule has 0 saturated heterocycles. The molecule has 0 spiro atoms. The van der Waals surface area contributed by atoms with Crippen molar-refractivity contribution in [3.05, 3.63) is 12.4 Å². The van der Waals surface area contributed by atoms with E-state index < -0.39 is 0 Å². The summed E-state index contributed by atoms with van der Waals surface area (Å²) in [6.07, 6.45) is 4.79. The molecule has 2 nitrogen and oxygen atoms in total. The molecule has 0 saturated carbocycles. The van der Waals surface area contributed by atoms with Gasteiger partial charge in [0.25, 0.3) is 0 Å². The Morgan fingerprint density at radius 2 is 1.90 bits per heavy atom. The summed E-state index contributed by atoms with van der Waals surface area (Å²) in [6.45, 7) is 6.62. The SMILES string of the molecule is CC(C)N1C=CN(C)C1C. The maximum Gasteiger partial charge on any atom is 0.0977 e. The van der Waals surface area contributed by atoms with Gasteiger partial charge < -0.3 is 9.80 Å². The molecule has 0 N–H and O–H groups in total. The summed E-state index contributed by atoms with van der Waals surface area (Å²) in [6, 6.07) is 0.608. The first-order valence-corrected chi connectivity index (χ1v) is 3.80. The number of nitrogens with zero attached hydrogens (tertiary/aromatic N) is 2. The Balaban J connectivity index is 2.58. The van der Waals surface area contributed by atoms with Crippen molar-refractivity contribution in [3.8, 4) is 0 Å². The van der Waals surface area contributed by atoms with Gasteiger partial charge in [-0.05, 0) is 20.8 Å². The maximum atomic E-state index is 2.33. The molecule has 2 heteroatoms. The van der Waals surface area contributed by atoms with E-state index in [-0.39, 0.29) is 0 Å². The highest BCUT2D eigenvalue weighted by Gasteiger charge is 2.19. The van der Waals surface area contributed by atoms with Crippen LogP contribution in [0.3, 0.4) is 0 Å². The van der Waals surface area contributed by atoms with E-state index in [1.165, 1.54) is 0 Å². The van der Waals surface area contributed by atoms with Gasteiger partial charge in [-0.25, -0.2) is 0 Å². The van der Waals surface area contributed by atoms with Crippen molar-refractivity contribution in [1.82, 2.24) is 9.80 Å². The molecule has 10 heavy (non-hydrogen) atoms. The maximum absolute atomic E-state index is 2.33. The van der Waals surface area contributed by atoms with Gasteiger partial charge in [0.2, 0.25) is 0 Å². The van der Waals surface area contributed by atoms with Crippen LogP contribution in [0.1, 0.15) is 20.8 Å². The fourth-order valence-corrected chi connectivity index (χ4v) is 1.25. The quantitative estimate of drug-likeness (QED) is 0.544. The lowest BCUT2D eigenvalue weighted by Crippen LogP contribution is -2.37. The second-order valence-electron chi connectivity index (χ2n) is 3.14. The number of hydrogen-bond acceptors (Lipinski definition) is 2. The smallest absolute Gasteiger partial charge is 0.0977 e. The molecule has 0 aromatic heterocycles. The van der Waals surface area contributed by atoms with Gasteiger partial charge in [0.15, 0.2) is 0 Å². The molecule has 0 radical (unpaired) electrons. The highest BCUT2D eigenvalue weighted by Crippen LogP contribution is 2.15. The van der Waals surface area contributed by atoms with E-state index in [4.69, 9.17) is 0 Å². The van der Waals surface area contributed by atoms with Crippen LogP contribution in [-0.2, 0) is 0 Å². The normalized spacial score (nSPS) is 25.1. The fourth-order valence-electron chi connectivity index (χ4n) is 1.25. The van der Waals surface area contributed by atoms with Crippen molar-refractivity contribution in [2.75, 3.05) is 7.05 Å². The summed E-state index contributed by atoms with van der Waals surface area (Å²) in [5.41, 5.74) is 0. The standard InChI is InChI=1S/C8H16N2/c1-7(2)10-6-5-9(4)8(10)3/h5-8H,1-4H3. The van der Waals surface area contributed by atoms with E-state index in [0.717, 1.165) is 0 Å². The number of rotatable bonds is 1. The third-order valence-corrected chi connectivity index (χ3v) is 2.09. The lowest BCUT2D eigenvalue weighted by Gasteiger charge is -2.30. The Morgan fingerprint density at radius 3 is 2.10 bits per heavy atom. The van der Waals surface area contributed by atoms with Gasteiger partial charge in [0, 0.05) is 25.5 Å². The molecular formula is C8H16N2. The number of hydrogen-bond donors (Lipinski definition) is 0. The van der Waals surface area contributed by atoms with Crippen molar-refractivity contribution in [2.24, 2.45) is 0 Å². The molecule has 1 atom stereocenters. The molecule has 1 rings (SSSR count). The molecule has 1 aliphatic rings. The second-order valence-corrected chi connectivity index (χ2v) is 3.14. The second kappa shape index (κ2) is 2.52. The van der Waals surface area contributed by atoms with Crippen LogP contribution in [0.2, 0.25) is 0 Å². The van der Waals surface area contributed by atoms with E-state index in [1.807, 2.05) is 0 Å². The zero-order chi connectivity index (χ0) is 7.72. The van der Waals surface area contributed by atoms with Crippen LogP contribution in [0.25, 0.3) is 0 Å². The highest BCUT2D eigenvalue weighted by atomic mass is 15.4. The minimum Gasteiger partial charge on any atom is -0.359 e. The molecule has 0 aromatic rings. The minimum absolute atomic E-state index is 0.528. The average molecular weight is 140 g/mol. The third-order valence-electron chi connectivity index (χ3n) is 2.09. The van der Waals surface area contributed by atoms with Crippen LogP contribution in [-0.4, -0.2) is 29.1 Å². The zero-order valence-corrected chi connectivity index (χ0v) is 7.20. The van der Waals surface area contributed by atoms with E-state index in [1.54, 1.807) is 0 Å². The third kappa shape index (κ3) is 1.11. The predicted octanol–water partition coefficient (Wildman–Crippen LogP) is 1.46. The largest absolute Gasteiger partial charge is 0.359 e. The Labute approximate surface area is 63.1 Å². The summed E-state index contributed by atoms with van der Waals surface area (Å²) >= 11 is 0. The van der Waals surface area contributed by atoms with Crippen LogP contribution >= 0.6 is 0 Å². The highest BCUT2D eigenvalue weighted by molar-refractivity contribution is 4.94. The topological polar surface area (TPSA) is 6.48 Å². The van der Waals surface area contributed by atoms with E-state index in [9.17, 15) is 0 Å². The Bertz CT molecular complexity index is 140. The van der Waals surface area contributed by atoms with E-state index in [2.05, 4.69) is 50.0 Å². The minimum atomic E-state index is 0.528. The van der Waals surface area contributed by atoms with Crippen molar-refractivity contribution >= 4 is 0 Å². The molecule has 0 fully saturated rings. The fraction of sp³-hybridized carbons (Fsp3) is 0.750. The van der Waals surface area contributed by atoms with Crippen LogP contribution in [0.4, 0.5) is 0 Å². The van der Waals surface area contributed by atoms with E-state index in [0.29, 0.717) is 12.2 Å². The van der Waals surface area contributed by atoms with Gasteiger partial charge in [-0.1, -0.05) is 0 Å². The van der Waals surface area contributed by atoms with Crippen molar-refractivity contribution in [2.45, 2.75) is 33.0 Å². The zero-order valence-electron chi connectivity index (χ0n) is 7.20. The Hall–Kier alpha value is -0.660. The van der Waals surface area contributed by atoms with Crippen molar-refractivity contribution in [3.63, 3.8) is 0 Å². The van der Waals surface area contributed by atoms with Crippen LogP contribution in [0.5, 0.6) is 0 Å². The van der Waals surface area contributed by atoms with Crippen molar-refractivity contribution < 1.29 is 0 Å². The first-order valence-electron chi connectivity index (χ1n) is 3.80. The van der Waals surface area contributed by atoms with Crippen LogP contribution < -0.4 is 0 Å². The molecule has 1 aliphatic heterocycles. The van der Waals surface area contributed by atoms with Gasteiger partial charge in [0.05, 0.1) is 6.17 Å². The predicted molar refractivity (Wildman–Crippen MR) is 43.3 cm³/mol. The summed E-state index contributed by atoms with van der Waals surface area (Å²) in [5.74, 6) is 0. The first kappa shape index (κ1) is 7.45. The van der Waals surface area contributed by atoms with E-state index >= 15 is 0 Å². The lowest BCUT2D eigenvalue weighted by molar-refractivity contribution is 0.163. The monoisotopic (exact) mass is 140 g/mol. The summed E-state index contributed by atoms with van der Waals surface area (Å²) < 4.78 is 0. The molecular weight excluding hydrogens is 124 g/mol. The summed E-state index contributed by atoms with van der Waals surface area (Å²) in [4.78, 5) is 4.54. The first-order chi connectivity index (χ1) is 4.63. The lowest BCUT2D eigenvalue weighted by atomic mass is 10.3. The van der Waals surface area contributed by atoms with Gasteiger partial charge >= 0.3 is 0 Å². The van der Waals surface area contributed by atoms with Gasteiger partial charge in [0.1, 0.15) is 0 Å². The summed E-state index contributed by atoms with van der Waals surface area (Å²) in [7, 11) is 2.10. The van der Waals surface area contributed by atoms with Gasteiger partial charge in [-0.15, -0.1) is 0 Å². The average Bonchev–Trinajstić information content (AvgIpc) is 2.14. The molecule has 1 unspecified atom stereocenters. The Morgan fingerprint density at radius 1 is 1.30 bits per heavy atom. The van der Waals surface area contributed by atoms with Crippen LogP contribution in [0.15, 0.2) is 12.4 Å². The molecule has 0 amide bonds. The molecule has 0 aliphatic carbocycles. The van der Waals surface area contributed by atoms with Crippen molar-refractivity contribution in [1.29, 1.82) is 0 Å². The van der Waals surface area contributed by atoms with Gasteiger partial charge in [-0.2, -0.15) is 0 Å². The Kier molecular flexibility index (Phi) is 1.88. The van der Waals surface area contributed by atoms with Gasteiger partial charge in [-0.3, -0.25) is 0 Å². The van der Waals surface area contributed by atoms with Crippen LogP contribution in [0, 0.1) is 0 Å². The molecule has 1 heterocycles. The summed E-state index contributed by atoms with van der Waals surface area (Å²) in [5, 5.41) is 0. The molecule has 58 valence electrons. The molecule has 0 bridgehead atoms. The molecule has 0 aromatic carbocycles.